The predicted molar refractivity (Wildman–Crippen MR) is 74.1 cm³/mol. The largest absolute Gasteiger partial charge is 0.480 e. The van der Waals surface area contributed by atoms with Crippen molar-refractivity contribution in [2.24, 2.45) is 0 Å². The number of methoxy groups -OCH3 is 2. The van der Waals surface area contributed by atoms with Gasteiger partial charge in [-0.1, -0.05) is 6.92 Å². The lowest BCUT2D eigenvalue weighted by molar-refractivity contribution is 0.347. The van der Waals surface area contributed by atoms with Gasteiger partial charge in [-0.05, 0) is 25.6 Å². The Hall–Kier alpha value is -2.08. The maximum Gasteiger partial charge on any atom is 0.240 e. The van der Waals surface area contributed by atoms with Crippen LogP contribution < -0.4 is 14.8 Å². The second kappa shape index (κ2) is 6.38. The Morgan fingerprint density at radius 3 is 2.65 bits per heavy atom. The minimum atomic E-state index is -0.206. The van der Waals surface area contributed by atoms with Crippen LogP contribution in [0.5, 0.6) is 11.8 Å². The fraction of sp³-hybridized carbons (Fsp3) is 0.429. The minimum absolute atomic E-state index is 0.206. The summed E-state index contributed by atoms with van der Waals surface area (Å²) >= 11 is 0. The van der Waals surface area contributed by atoms with E-state index in [0.29, 0.717) is 17.5 Å². The normalized spacial score (nSPS) is 12.2. The van der Waals surface area contributed by atoms with Crippen molar-refractivity contribution in [2.45, 2.75) is 19.9 Å². The monoisotopic (exact) mass is 277 g/mol. The molecule has 0 aromatic carbocycles. The van der Waals surface area contributed by atoms with Crippen molar-refractivity contribution >= 4 is 0 Å². The van der Waals surface area contributed by atoms with E-state index in [2.05, 4.69) is 15.3 Å². The first-order valence-electron chi connectivity index (χ1n) is 6.44. The highest BCUT2D eigenvalue weighted by molar-refractivity contribution is 5.31. The maximum atomic E-state index is 5.69. The molecule has 0 aliphatic rings. The van der Waals surface area contributed by atoms with Crippen LogP contribution in [0.4, 0.5) is 0 Å². The molecule has 1 unspecified atom stereocenters. The summed E-state index contributed by atoms with van der Waals surface area (Å²) in [4.78, 5) is 8.65. The van der Waals surface area contributed by atoms with Gasteiger partial charge in [0.25, 0.3) is 0 Å². The smallest absolute Gasteiger partial charge is 0.240 e. The molecule has 2 rings (SSSR count). The van der Waals surface area contributed by atoms with Crippen LogP contribution in [0.25, 0.3) is 0 Å². The van der Waals surface area contributed by atoms with Crippen molar-refractivity contribution in [2.75, 3.05) is 20.8 Å². The molecule has 0 aliphatic heterocycles. The van der Waals surface area contributed by atoms with Crippen molar-refractivity contribution in [3.63, 3.8) is 0 Å². The summed E-state index contributed by atoms with van der Waals surface area (Å²) in [5.74, 6) is 2.46. The number of ether oxygens (including phenoxy) is 2. The van der Waals surface area contributed by atoms with Crippen LogP contribution in [0.1, 0.15) is 30.2 Å². The molecular formula is C14H19N3O3. The molecule has 20 heavy (non-hydrogen) atoms. The summed E-state index contributed by atoms with van der Waals surface area (Å²) in [6.07, 6.45) is 1.57. The third-order valence-electron chi connectivity index (χ3n) is 2.87. The Balaban J connectivity index is 2.43. The highest BCUT2D eigenvalue weighted by Gasteiger charge is 2.23. The summed E-state index contributed by atoms with van der Waals surface area (Å²) in [6.45, 7) is 4.69. The SMILES string of the molecule is CCNC(c1ccc(C)o1)c1ncc(OC)nc1OC. The van der Waals surface area contributed by atoms with Crippen molar-refractivity contribution in [3.05, 3.63) is 35.5 Å². The van der Waals surface area contributed by atoms with Gasteiger partial charge in [0.05, 0.1) is 20.4 Å². The molecular weight excluding hydrogens is 258 g/mol. The Kier molecular flexibility index (Phi) is 4.57. The molecule has 0 bridgehead atoms. The van der Waals surface area contributed by atoms with E-state index in [1.165, 1.54) is 0 Å². The summed E-state index contributed by atoms with van der Waals surface area (Å²) in [7, 11) is 3.10. The van der Waals surface area contributed by atoms with E-state index in [4.69, 9.17) is 13.9 Å². The van der Waals surface area contributed by atoms with Crippen LogP contribution >= 0.6 is 0 Å². The first kappa shape index (κ1) is 14.3. The molecule has 0 aliphatic carbocycles. The van der Waals surface area contributed by atoms with Crippen LogP contribution in [-0.4, -0.2) is 30.7 Å². The number of rotatable bonds is 6. The zero-order chi connectivity index (χ0) is 14.5. The van der Waals surface area contributed by atoms with E-state index in [9.17, 15) is 0 Å². The number of nitrogens with zero attached hydrogens (tertiary/aromatic N) is 2. The fourth-order valence-electron chi connectivity index (χ4n) is 1.96. The summed E-state index contributed by atoms with van der Waals surface area (Å²) in [5.41, 5.74) is 0.671. The molecule has 2 heterocycles. The lowest BCUT2D eigenvalue weighted by atomic mass is 10.1. The van der Waals surface area contributed by atoms with Crippen LogP contribution in [0.15, 0.2) is 22.7 Å². The van der Waals surface area contributed by atoms with Gasteiger partial charge in [0.15, 0.2) is 0 Å². The van der Waals surface area contributed by atoms with E-state index >= 15 is 0 Å². The van der Waals surface area contributed by atoms with Gasteiger partial charge < -0.3 is 19.2 Å². The molecule has 0 radical (unpaired) electrons. The van der Waals surface area contributed by atoms with E-state index in [1.807, 2.05) is 26.0 Å². The number of furan rings is 1. The molecule has 0 saturated carbocycles. The zero-order valence-electron chi connectivity index (χ0n) is 12.1. The quantitative estimate of drug-likeness (QED) is 0.872. The zero-order valence-corrected chi connectivity index (χ0v) is 12.1. The molecule has 108 valence electrons. The molecule has 0 amide bonds. The van der Waals surface area contributed by atoms with Crippen LogP contribution in [0.2, 0.25) is 0 Å². The second-order valence-corrected chi connectivity index (χ2v) is 4.25. The van der Waals surface area contributed by atoms with Gasteiger partial charge in [0.2, 0.25) is 11.8 Å². The molecule has 2 aromatic heterocycles. The van der Waals surface area contributed by atoms with Gasteiger partial charge >= 0.3 is 0 Å². The van der Waals surface area contributed by atoms with Gasteiger partial charge in [0.1, 0.15) is 23.3 Å². The standard InChI is InChI=1S/C14H19N3O3/c1-5-15-12(10-7-6-9(2)20-10)13-14(19-4)17-11(18-3)8-16-13/h6-8,12,15H,5H2,1-4H3. The second-order valence-electron chi connectivity index (χ2n) is 4.25. The van der Waals surface area contributed by atoms with Crippen LogP contribution in [0.3, 0.4) is 0 Å². The van der Waals surface area contributed by atoms with Crippen LogP contribution in [-0.2, 0) is 0 Å². The Labute approximate surface area is 118 Å². The first-order chi connectivity index (χ1) is 9.69. The van der Waals surface area contributed by atoms with E-state index < -0.39 is 0 Å². The Morgan fingerprint density at radius 2 is 2.10 bits per heavy atom. The maximum absolute atomic E-state index is 5.69. The van der Waals surface area contributed by atoms with Gasteiger partial charge in [-0.2, -0.15) is 4.98 Å². The summed E-state index contributed by atoms with van der Waals surface area (Å²) < 4.78 is 16.1. The topological polar surface area (TPSA) is 69.4 Å². The molecule has 1 atom stereocenters. The number of nitrogens with one attached hydrogen (secondary N) is 1. The molecule has 6 heteroatoms. The molecule has 0 fully saturated rings. The third kappa shape index (κ3) is 2.91. The van der Waals surface area contributed by atoms with Crippen molar-refractivity contribution in [3.8, 4) is 11.8 Å². The number of aryl methyl sites for hydroxylation is 1. The lowest BCUT2D eigenvalue weighted by Crippen LogP contribution is -2.23. The minimum Gasteiger partial charge on any atom is -0.480 e. The fourth-order valence-corrected chi connectivity index (χ4v) is 1.96. The molecule has 2 aromatic rings. The average molecular weight is 277 g/mol. The van der Waals surface area contributed by atoms with Crippen molar-refractivity contribution in [1.82, 2.24) is 15.3 Å². The third-order valence-corrected chi connectivity index (χ3v) is 2.87. The Morgan fingerprint density at radius 1 is 1.30 bits per heavy atom. The van der Waals surface area contributed by atoms with Gasteiger partial charge in [0, 0.05) is 0 Å². The molecule has 0 saturated heterocycles. The summed E-state index contributed by atoms with van der Waals surface area (Å²) in [5, 5.41) is 3.32. The van der Waals surface area contributed by atoms with Gasteiger partial charge in [-0.3, -0.25) is 0 Å². The average Bonchev–Trinajstić information content (AvgIpc) is 2.90. The van der Waals surface area contributed by atoms with E-state index in [-0.39, 0.29) is 6.04 Å². The summed E-state index contributed by atoms with van der Waals surface area (Å²) in [6, 6.07) is 3.64. The van der Waals surface area contributed by atoms with Gasteiger partial charge in [-0.15, -0.1) is 0 Å². The van der Waals surface area contributed by atoms with Gasteiger partial charge in [-0.25, -0.2) is 4.98 Å². The van der Waals surface area contributed by atoms with Crippen molar-refractivity contribution in [1.29, 1.82) is 0 Å². The molecule has 0 spiro atoms. The van der Waals surface area contributed by atoms with Crippen molar-refractivity contribution < 1.29 is 13.9 Å². The lowest BCUT2D eigenvalue weighted by Gasteiger charge is -2.17. The van der Waals surface area contributed by atoms with E-state index in [0.717, 1.165) is 18.1 Å². The Bertz CT molecular complexity index is 569. The number of aromatic nitrogens is 2. The highest BCUT2D eigenvalue weighted by atomic mass is 16.5. The predicted octanol–water partition coefficient (Wildman–Crippen LogP) is 2.09. The number of hydrogen-bond donors (Lipinski definition) is 1. The first-order valence-corrected chi connectivity index (χ1v) is 6.44. The highest BCUT2D eigenvalue weighted by Crippen LogP contribution is 2.29. The van der Waals surface area contributed by atoms with Crippen LogP contribution in [0, 0.1) is 6.92 Å². The number of hydrogen-bond acceptors (Lipinski definition) is 6. The molecule has 1 N–H and O–H groups in total. The van der Waals surface area contributed by atoms with E-state index in [1.54, 1.807) is 20.4 Å². The molecule has 6 nitrogen and oxygen atoms in total.